The number of hydrogen-bond donors (Lipinski definition) is 3. The largest absolute Gasteiger partial charge is 0.325 e. The number of piperazine rings is 1. The number of carbonyl (C=O) groups is 1. The van der Waals surface area contributed by atoms with Crippen molar-refractivity contribution in [1.29, 1.82) is 0 Å². The van der Waals surface area contributed by atoms with Crippen LogP contribution in [0.2, 0.25) is 0 Å². The van der Waals surface area contributed by atoms with Crippen LogP contribution in [0.1, 0.15) is 6.92 Å². The number of aromatic nitrogens is 2. The molecule has 0 aliphatic carbocycles. The molecule has 7 heteroatoms. The zero-order valence-electron chi connectivity index (χ0n) is 17.5. The molecule has 1 fully saturated rings. The van der Waals surface area contributed by atoms with Crippen molar-refractivity contribution >= 4 is 39.5 Å². The van der Waals surface area contributed by atoms with Crippen molar-refractivity contribution < 1.29 is 4.79 Å². The van der Waals surface area contributed by atoms with Crippen molar-refractivity contribution in [2.24, 2.45) is 0 Å². The van der Waals surface area contributed by atoms with Gasteiger partial charge in [0.15, 0.2) is 0 Å². The van der Waals surface area contributed by atoms with E-state index < -0.39 is 0 Å². The summed E-state index contributed by atoms with van der Waals surface area (Å²) in [7, 11) is 0. The van der Waals surface area contributed by atoms with Gasteiger partial charge in [-0.25, -0.2) is 9.78 Å². The Morgan fingerprint density at radius 1 is 1.13 bits per heavy atom. The van der Waals surface area contributed by atoms with Gasteiger partial charge in [-0.05, 0) is 30.5 Å². The van der Waals surface area contributed by atoms with E-state index in [0.29, 0.717) is 13.1 Å². The Kier molecular flexibility index (Phi) is 5.18. The summed E-state index contributed by atoms with van der Waals surface area (Å²) < 4.78 is 0. The lowest BCUT2D eigenvalue weighted by Gasteiger charge is -2.39. The number of benzene rings is 3. The number of aromatic amines is 1. The van der Waals surface area contributed by atoms with Crippen LogP contribution in [-0.4, -0.2) is 53.2 Å². The molecule has 7 nitrogen and oxygen atoms in total. The molecule has 1 atom stereocenters. The Morgan fingerprint density at radius 2 is 1.94 bits per heavy atom. The number of hydrogen-bond acceptors (Lipinski definition) is 4. The van der Waals surface area contributed by atoms with E-state index in [1.54, 1.807) is 0 Å². The van der Waals surface area contributed by atoms with E-state index in [1.807, 2.05) is 59.5 Å². The number of H-pyrrole nitrogens is 1. The van der Waals surface area contributed by atoms with Gasteiger partial charge in [-0.1, -0.05) is 48.5 Å². The summed E-state index contributed by atoms with van der Waals surface area (Å²) in [6, 6.07) is 22.0. The van der Waals surface area contributed by atoms with E-state index >= 15 is 0 Å². The van der Waals surface area contributed by atoms with Gasteiger partial charge in [-0.3, -0.25) is 5.32 Å². The number of nitrogens with one attached hydrogen (secondary N) is 3. The minimum atomic E-state index is -0.0801. The molecule has 31 heavy (non-hydrogen) atoms. The smallest absolute Gasteiger partial charge is 0.322 e. The van der Waals surface area contributed by atoms with Gasteiger partial charge in [0.2, 0.25) is 5.95 Å². The zero-order chi connectivity index (χ0) is 21.2. The third kappa shape index (κ3) is 3.80. The quantitative estimate of drug-likeness (QED) is 0.472. The summed E-state index contributed by atoms with van der Waals surface area (Å²) in [5, 5.41) is 8.80. The molecule has 1 aromatic heterocycles. The predicted octanol–water partition coefficient (Wildman–Crippen LogP) is 4.01. The highest BCUT2D eigenvalue weighted by molar-refractivity contribution is 6.01. The van der Waals surface area contributed by atoms with Gasteiger partial charge in [0.1, 0.15) is 6.17 Å². The lowest BCUT2D eigenvalue weighted by molar-refractivity contribution is 0.188. The number of likely N-dealkylation sites (N-methyl/N-ethyl adjacent to an activating group) is 1. The maximum Gasteiger partial charge on any atom is 0.322 e. The fourth-order valence-electron chi connectivity index (χ4n) is 4.25. The SMILES string of the molecule is CCN(c1nc2ccccc2[nH]1)C1CN(C(=O)Nc2cccc3ccccc23)CCN1. The molecule has 4 aromatic rings. The normalized spacial score (nSPS) is 16.5. The first-order valence-corrected chi connectivity index (χ1v) is 10.7. The molecule has 1 aliphatic rings. The third-order valence-electron chi connectivity index (χ3n) is 5.84. The van der Waals surface area contributed by atoms with Gasteiger partial charge in [-0.15, -0.1) is 0 Å². The summed E-state index contributed by atoms with van der Waals surface area (Å²) in [5.41, 5.74) is 2.79. The van der Waals surface area contributed by atoms with E-state index in [2.05, 4.69) is 39.6 Å². The Balaban J connectivity index is 1.33. The topological polar surface area (TPSA) is 76.3 Å². The van der Waals surface area contributed by atoms with Crippen LogP contribution in [0.25, 0.3) is 21.8 Å². The first kappa shape index (κ1) is 19.4. The average Bonchev–Trinajstić information content (AvgIpc) is 3.24. The number of imidazole rings is 1. The second-order valence-corrected chi connectivity index (χ2v) is 7.74. The lowest BCUT2D eigenvalue weighted by atomic mass is 10.1. The number of nitrogens with zero attached hydrogens (tertiary/aromatic N) is 3. The summed E-state index contributed by atoms with van der Waals surface area (Å²) in [4.78, 5) is 25.3. The standard InChI is InChI=1S/C24H26N6O/c1-2-30(23-26-20-11-5-6-12-21(20)27-23)22-16-29(15-14-25-22)24(31)28-19-13-7-9-17-8-3-4-10-18(17)19/h3-13,22,25H,2,14-16H2,1H3,(H,26,27)(H,28,31). The average molecular weight is 415 g/mol. The van der Waals surface area contributed by atoms with Crippen molar-refractivity contribution in [2.75, 3.05) is 36.4 Å². The molecule has 0 saturated carbocycles. The van der Waals surface area contributed by atoms with Crippen LogP contribution in [0.15, 0.2) is 66.7 Å². The van der Waals surface area contributed by atoms with Crippen molar-refractivity contribution in [2.45, 2.75) is 13.1 Å². The highest BCUT2D eigenvalue weighted by atomic mass is 16.2. The molecule has 3 N–H and O–H groups in total. The van der Waals surface area contributed by atoms with Gasteiger partial charge >= 0.3 is 6.03 Å². The van der Waals surface area contributed by atoms with Crippen LogP contribution < -0.4 is 15.5 Å². The molecule has 2 amide bonds. The molecular formula is C24H26N6O. The molecule has 0 bridgehead atoms. The Labute approximate surface area is 181 Å². The molecule has 0 radical (unpaired) electrons. The fraction of sp³-hybridized carbons (Fsp3) is 0.250. The van der Waals surface area contributed by atoms with Crippen molar-refractivity contribution in [3.63, 3.8) is 0 Å². The Hall–Kier alpha value is -3.58. The first-order chi connectivity index (χ1) is 15.2. The molecule has 1 unspecified atom stereocenters. The zero-order valence-corrected chi connectivity index (χ0v) is 17.5. The predicted molar refractivity (Wildman–Crippen MR) is 125 cm³/mol. The first-order valence-electron chi connectivity index (χ1n) is 10.7. The maximum absolute atomic E-state index is 13.1. The van der Waals surface area contributed by atoms with E-state index in [0.717, 1.165) is 46.5 Å². The summed E-state index contributed by atoms with van der Waals surface area (Å²) in [6.45, 7) is 4.83. The van der Waals surface area contributed by atoms with Gasteiger partial charge in [0.25, 0.3) is 0 Å². The summed E-state index contributed by atoms with van der Waals surface area (Å²) >= 11 is 0. The highest BCUT2D eigenvalue weighted by Crippen LogP contribution is 2.24. The van der Waals surface area contributed by atoms with Crippen LogP contribution in [0.3, 0.4) is 0 Å². The molecule has 5 rings (SSSR count). The number of amides is 2. The van der Waals surface area contributed by atoms with Crippen LogP contribution in [0.4, 0.5) is 16.4 Å². The van der Waals surface area contributed by atoms with Gasteiger partial charge in [0.05, 0.1) is 23.3 Å². The minimum Gasteiger partial charge on any atom is -0.325 e. The fourth-order valence-corrected chi connectivity index (χ4v) is 4.25. The van der Waals surface area contributed by atoms with E-state index in [9.17, 15) is 4.79 Å². The monoisotopic (exact) mass is 414 g/mol. The second-order valence-electron chi connectivity index (χ2n) is 7.74. The molecule has 1 aliphatic heterocycles. The number of rotatable bonds is 4. The number of para-hydroxylation sites is 2. The van der Waals surface area contributed by atoms with E-state index in [1.165, 1.54) is 0 Å². The van der Waals surface area contributed by atoms with Crippen LogP contribution >= 0.6 is 0 Å². The number of fused-ring (bicyclic) bond motifs is 2. The van der Waals surface area contributed by atoms with Crippen molar-refractivity contribution in [3.8, 4) is 0 Å². The second kappa shape index (κ2) is 8.28. The maximum atomic E-state index is 13.1. The van der Waals surface area contributed by atoms with Crippen molar-refractivity contribution in [1.82, 2.24) is 20.2 Å². The number of carbonyl (C=O) groups excluding carboxylic acids is 1. The van der Waals surface area contributed by atoms with Gasteiger partial charge in [-0.2, -0.15) is 0 Å². The highest BCUT2D eigenvalue weighted by Gasteiger charge is 2.28. The Morgan fingerprint density at radius 3 is 2.81 bits per heavy atom. The van der Waals surface area contributed by atoms with E-state index in [4.69, 9.17) is 4.98 Å². The van der Waals surface area contributed by atoms with Crippen LogP contribution in [0.5, 0.6) is 0 Å². The number of anilines is 2. The lowest BCUT2D eigenvalue weighted by Crippen LogP contribution is -2.60. The Bertz CT molecular complexity index is 1180. The van der Waals surface area contributed by atoms with E-state index in [-0.39, 0.29) is 12.2 Å². The summed E-state index contributed by atoms with van der Waals surface area (Å²) in [6.07, 6.45) is -0.0161. The van der Waals surface area contributed by atoms with Gasteiger partial charge < -0.3 is 20.1 Å². The molecular weight excluding hydrogens is 388 g/mol. The van der Waals surface area contributed by atoms with Crippen LogP contribution in [0, 0.1) is 0 Å². The van der Waals surface area contributed by atoms with Gasteiger partial charge in [0, 0.05) is 25.0 Å². The number of urea groups is 1. The minimum absolute atomic E-state index is 0.0161. The molecule has 3 aromatic carbocycles. The third-order valence-corrected chi connectivity index (χ3v) is 5.84. The molecule has 2 heterocycles. The van der Waals surface area contributed by atoms with Crippen LogP contribution in [-0.2, 0) is 0 Å². The molecule has 158 valence electrons. The summed E-state index contributed by atoms with van der Waals surface area (Å²) in [5.74, 6) is 0.817. The molecule has 1 saturated heterocycles. The van der Waals surface area contributed by atoms with Crippen molar-refractivity contribution in [3.05, 3.63) is 66.7 Å². The molecule has 0 spiro atoms.